The molecule has 3 aromatic rings. The van der Waals surface area contributed by atoms with Gasteiger partial charge in [0, 0.05) is 37.6 Å². The van der Waals surface area contributed by atoms with Crippen molar-refractivity contribution in [2.75, 3.05) is 36.0 Å². The van der Waals surface area contributed by atoms with E-state index in [4.69, 9.17) is 51.1 Å². The van der Waals surface area contributed by atoms with Crippen LogP contribution in [-0.4, -0.2) is 31.3 Å². The van der Waals surface area contributed by atoms with Crippen molar-refractivity contribution >= 4 is 57.8 Å². The Balaban J connectivity index is 2.03. The molecule has 236 valence electrons. The van der Waals surface area contributed by atoms with Crippen molar-refractivity contribution in [1.82, 2.24) is 0 Å². The molecular weight excluding hydrogens is 622 g/mol. The number of phenols is 1. The number of hydrogen-bond donors (Lipinski definition) is 1. The van der Waals surface area contributed by atoms with Gasteiger partial charge in [0.2, 0.25) is 0 Å². The molecule has 1 N–H and O–H groups in total. The first-order valence-corrected chi connectivity index (χ1v) is 17.2. The van der Waals surface area contributed by atoms with Gasteiger partial charge in [-0.25, -0.2) is 0 Å². The standard InChI is InChI=1S/C35H46Cl4N2O2/c1-5-9-21-40(22-10-6-2)27-17-13-25(14-18-27)34(43-35-31(38)29(36)33(42)30(37)32(35)39)26-15-19-28(20-16-26)41(23-11-7-3)24-12-8-4/h13-20,34,42H,5-12,21-24H2,1-4H3. The molecule has 8 heteroatoms. The van der Waals surface area contributed by atoms with Gasteiger partial charge in [-0.2, -0.15) is 0 Å². The predicted octanol–water partition coefficient (Wildman–Crippen LogP) is 12.0. The van der Waals surface area contributed by atoms with E-state index in [0.29, 0.717) is 0 Å². The zero-order chi connectivity index (χ0) is 31.4. The number of anilines is 2. The molecule has 0 spiro atoms. The van der Waals surface area contributed by atoms with Gasteiger partial charge in [0.05, 0.1) is 0 Å². The van der Waals surface area contributed by atoms with E-state index in [0.717, 1.165) is 88.7 Å². The Kier molecular flexibility index (Phi) is 14.9. The van der Waals surface area contributed by atoms with E-state index in [1.807, 2.05) is 0 Å². The number of rotatable bonds is 18. The molecule has 0 aliphatic carbocycles. The largest absolute Gasteiger partial charge is 0.505 e. The van der Waals surface area contributed by atoms with Gasteiger partial charge in [-0.3, -0.25) is 0 Å². The highest BCUT2D eigenvalue weighted by atomic mass is 35.5. The lowest BCUT2D eigenvalue weighted by molar-refractivity contribution is 0.247. The normalized spacial score (nSPS) is 11.3. The van der Waals surface area contributed by atoms with Gasteiger partial charge in [0.25, 0.3) is 0 Å². The lowest BCUT2D eigenvalue weighted by Crippen LogP contribution is -2.25. The molecule has 0 atom stereocenters. The molecular formula is C35H46Cl4N2O2. The Hall–Kier alpha value is -1.98. The summed E-state index contributed by atoms with van der Waals surface area (Å²) in [7, 11) is 0. The summed E-state index contributed by atoms with van der Waals surface area (Å²) in [5, 5.41) is 10.1. The van der Waals surface area contributed by atoms with Gasteiger partial charge in [-0.05, 0) is 61.1 Å². The Morgan fingerprint density at radius 2 is 0.884 bits per heavy atom. The van der Waals surface area contributed by atoms with E-state index < -0.39 is 6.10 Å². The summed E-state index contributed by atoms with van der Waals surface area (Å²) in [4.78, 5) is 4.91. The van der Waals surface area contributed by atoms with Gasteiger partial charge in [0.1, 0.15) is 26.2 Å². The van der Waals surface area contributed by atoms with Crippen LogP contribution in [0.1, 0.15) is 96.3 Å². The van der Waals surface area contributed by atoms with Crippen LogP contribution in [0, 0.1) is 0 Å². The molecule has 4 nitrogen and oxygen atoms in total. The van der Waals surface area contributed by atoms with Gasteiger partial charge in [0.15, 0.2) is 11.5 Å². The molecule has 43 heavy (non-hydrogen) atoms. The van der Waals surface area contributed by atoms with Crippen molar-refractivity contribution in [3.8, 4) is 11.5 Å². The maximum absolute atomic E-state index is 10.3. The highest BCUT2D eigenvalue weighted by Crippen LogP contribution is 2.51. The second-order valence-corrected chi connectivity index (χ2v) is 12.5. The molecule has 0 aliphatic rings. The second kappa shape index (κ2) is 18.1. The lowest BCUT2D eigenvalue weighted by Gasteiger charge is -2.27. The number of nitrogens with zero attached hydrogens (tertiary/aromatic N) is 2. The van der Waals surface area contributed by atoms with Crippen molar-refractivity contribution in [2.45, 2.75) is 85.2 Å². The molecule has 3 rings (SSSR count). The third-order valence-electron chi connectivity index (χ3n) is 7.68. The zero-order valence-corrected chi connectivity index (χ0v) is 29.0. The summed E-state index contributed by atoms with van der Waals surface area (Å²) in [6.45, 7) is 13.0. The third kappa shape index (κ3) is 9.50. The molecule has 0 amide bonds. The van der Waals surface area contributed by atoms with Gasteiger partial charge in [-0.15, -0.1) is 0 Å². The van der Waals surface area contributed by atoms with Crippen molar-refractivity contribution in [2.24, 2.45) is 0 Å². The van der Waals surface area contributed by atoms with Gasteiger partial charge < -0.3 is 19.6 Å². The van der Waals surface area contributed by atoms with Crippen molar-refractivity contribution in [3.63, 3.8) is 0 Å². The maximum atomic E-state index is 10.3. The average molecular weight is 669 g/mol. The SMILES string of the molecule is CCCCN(CCCC)c1ccc(C(Oc2c(Cl)c(Cl)c(O)c(Cl)c2Cl)c2ccc(N(CCCC)CCCC)cc2)cc1. The summed E-state index contributed by atoms with van der Waals surface area (Å²) in [6.07, 6.45) is 8.66. The zero-order valence-electron chi connectivity index (χ0n) is 25.9. The van der Waals surface area contributed by atoms with Crippen LogP contribution in [0.4, 0.5) is 11.4 Å². The summed E-state index contributed by atoms with van der Waals surface area (Å²) in [5.74, 6) is -0.233. The van der Waals surface area contributed by atoms with Crippen molar-refractivity contribution < 1.29 is 9.84 Å². The summed E-state index contributed by atoms with van der Waals surface area (Å²) < 4.78 is 6.55. The minimum Gasteiger partial charge on any atom is -0.505 e. The highest BCUT2D eigenvalue weighted by molar-refractivity contribution is 6.50. The van der Waals surface area contributed by atoms with Crippen LogP contribution >= 0.6 is 46.4 Å². The minimum absolute atomic E-state index is 0.0161. The number of phenolic OH excluding ortho intramolecular Hbond substituents is 1. The molecule has 0 unspecified atom stereocenters. The van der Waals surface area contributed by atoms with Crippen molar-refractivity contribution in [1.29, 1.82) is 0 Å². The number of ether oxygens (including phenoxy) is 1. The minimum atomic E-state index is -0.547. The van der Waals surface area contributed by atoms with Gasteiger partial charge in [-0.1, -0.05) is 124 Å². The molecule has 0 aliphatic heterocycles. The maximum Gasteiger partial charge on any atom is 0.161 e. The Bertz CT molecular complexity index is 1160. The Morgan fingerprint density at radius 3 is 1.19 bits per heavy atom. The van der Waals surface area contributed by atoms with Crippen LogP contribution in [0.5, 0.6) is 11.5 Å². The molecule has 0 aromatic heterocycles. The highest BCUT2D eigenvalue weighted by Gasteiger charge is 2.26. The smallest absolute Gasteiger partial charge is 0.161 e. The fourth-order valence-corrected chi connectivity index (χ4v) is 5.92. The topological polar surface area (TPSA) is 35.9 Å². The summed E-state index contributed by atoms with van der Waals surface area (Å²) >= 11 is 25.7. The number of unbranched alkanes of at least 4 members (excludes halogenated alkanes) is 4. The molecule has 0 fully saturated rings. The molecule has 0 saturated heterocycles. The van der Waals surface area contributed by atoms with E-state index in [1.165, 1.54) is 11.4 Å². The van der Waals surface area contributed by atoms with Crippen LogP contribution in [0.15, 0.2) is 48.5 Å². The Labute approximate surface area is 278 Å². The summed E-state index contributed by atoms with van der Waals surface area (Å²) in [5.41, 5.74) is 4.25. The molecule has 0 heterocycles. The monoisotopic (exact) mass is 666 g/mol. The summed E-state index contributed by atoms with van der Waals surface area (Å²) in [6, 6.07) is 17.0. The van der Waals surface area contributed by atoms with Crippen LogP contribution in [0.2, 0.25) is 20.1 Å². The number of hydrogen-bond acceptors (Lipinski definition) is 4. The fourth-order valence-electron chi connectivity index (χ4n) is 5.01. The first-order chi connectivity index (χ1) is 20.8. The number of aromatic hydroxyl groups is 1. The van der Waals surface area contributed by atoms with E-state index in [1.54, 1.807) is 0 Å². The fraction of sp³-hybridized carbons (Fsp3) is 0.486. The van der Waals surface area contributed by atoms with Crippen LogP contribution < -0.4 is 14.5 Å². The third-order valence-corrected chi connectivity index (χ3v) is 9.33. The predicted molar refractivity (Wildman–Crippen MR) is 188 cm³/mol. The molecule has 3 aromatic carbocycles. The quantitative estimate of drug-likeness (QED) is 0.137. The molecule has 0 saturated carbocycles. The average Bonchev–Trinajstić information content (AvgIpc) is 3.03. The number of benzene rings is 3. The van der Waals surface area contributed by atoms with Gasteiger partial charge >= 0.3 is 0 Å². The number of halogens is 4. The first kappa shape index (κ1) is 35.5. The molecule has 0 radical (unpaired) electrons. The van der Waals surface area contributed by atoms with Crippen molar-refractivity contribution in [3.05, 3.63) is 79.7 Å². The van der Waals surface area contributed by atoms with E-state index >= 15 is 0 Å². The van der Waals surface area contributed by atoms with E-state index in [2.05, 4.69) is 86.0 Å². The van der Waals surface area contributed by atoms with Crippen LogP contribution in [0.3, 0.4) is 0 Å². The Morgan fingerprint density at radius 1 is 0.558 bits per heavy atom. The van der Waals surface area contributed by atoms with Crippen LogP contribution in [-0.2, 0) is 0 Å². The second-order valence-electron chi connectivity index (χ2n) is 11.0. The first-order valence-electron chi connectivity index (χ1n) is 15.7. The van der Waals surface area contributed by atoms with Crippen LogP contribution in [0.25, 0.3) is 0 Å². The van der Waals surface area contributed by atoms with E-state index in [-0.39, 0.29) is 31.6 Å². The van der Waals surface area contributed by atoms with E-state index in [9.17, 15) is 5.11 Å². The molecule has 0 bridgehead atoms. The lowest BCUT2D eigenvalue weighted by atomic mass is 10.00.